The molecule has 1 heterocycles. The Labute approximate surface area is 73.2 Å². The van der Waals surface area contributed by atoms with Crippen LogP contribution >= 0.6 is 0 Å². The molecule has 2 atom stereocenters. The largest absolute Gasteiger partial charge is 0.393 e. The zero-order valence-corrected chi connectivity index (χ0v) is 7.55. The number of rotatable bonds is 2. The predicted molar refractivity (Wildman–Crippen MR) is 46.6 cm³/mol. The third kappa shape index (κ3) is 2.81. The molecule has 1 saturated heterocycles. The summed E-state index contributed by atoms with van der Waals surface area (Å²) in [5, 5.41) is 12.0. The molecule has 0 spiro atoms. The zero-order valence-electron chi connectivity index (χ0n) is 7.55. The second kappa shape index (κ2) is 4.45. The van der Waals surface area contributed by atoms with E-state index >= 15 is 0 Å². The molecular weight excluding hydrogens is 154 g/mol. The number of aliphatic hydroxyl groups excluding tert-OH is 1. The van der Waals surface area contributed by atoms with Crippen LogP contribution in [-0.2, 0) is 4.79 Å². The molecule has 1 aliphatic heterocycles. The van der Waals surface area contributed by atoms with Crippen LogP contribution in [0.2, 0.25) is 0 Å². The molecule has 0 radical (unpaired) electrons. The molecule has 1 aliphatic rings. The monoisotopic (exact) mass is 171 g/mol. The van der Waals surface area contributed by atoms with Crippen molar-refractivity contribution in [3.05, 3.63) is 0 Å². The van der Waals surface area contributed by atoms with E-state index in [4.69, 9.17) is 5.11 Å². The second-order valence-corrected chi connectivity index (χ2v) is 3.57. The smallest absolute Gasteiger partial charge is 0.223 e. The molecule has 1 rings (SSSR count). The quantitative estimate of drug-likeness (QED) is 0.641. The van der Waals surface area contributed by atoms with E-state index in [1.165, 1.54) is 0 Å². The van der Waals surface area contributed by atoms with Gasteiger partial charge < -0.3 is 10.4 Å². The lowest BCUT2D eigenvalue weighted by atomic mass is 9.96. The van der Waals surface area contributed by atoms with Crippen molar-refractivity contribution in [3.8, 4) is 0 Å². The average molecular weight is 171 g/mol. The maximum absolute atomic E-state index is 11.3. The molecule has 2 unspecified atom stereocenters. The molecule has 3 heteroatoms. The summed E-state index contributed by atoms with van der Waals surface area (Å²) in [4.78, 5) is 11.3. The van der Waals surface area contributed by atoms with Crippen LogP contribution in [0.15, 0.2) is 0 Å². The van der Waals surface area contributed by atoms with Crippen LogP contribution in [0.25, 0.3) is 0 Å². The minimum absolute atomic E-state index is 0.0347. The van der Waals surface area contributed by atoms with E-state index in [9.17, 15) is 4.79 Å². The highest BCUT2D eigenvalue weighted by atomic mass is 16.3. The fourth-order valence-corrected chi connectivity index (χ4v) is 1.64. The van der Waals surface area contributed by atoms with Crippen LogP contribution in [0.5, 0.6) is 0 Å². The van der Waals surface area contributed by atoms with Gasteiger partial charge in [0.25, 0.3) is 0 Å². The normalized spacial score (nSPS) is 27.5. The Morgan fingerprint density at radius 3 is 3.08 bits per heavy atom. The molecule has 0 aromatic rings. The number of hydrogen-bond acceptors (Lipinski definition) is 2. The van der Waals surface area contributed by atoms with Crippen LogP contribution in [0.3, 0.4) is 0 Å². The number of nitrogens with one attached hydrogen (secondary N) is 1. The third-order valence-electron chi connectivity index (χ3n) is 2.28. The van der Waals surface area contributed by atoms with Crippen molar-refractivity contribution in [2.24, 2.45) is 5.92 Å². The van der Waals surface area contributed by atoms with E-state index in [1.807, 2.05) is 0 Å². The Bertz CT molecular complexity index is 157. The van der Waals surface area contributed by atoms with Gasteiger partial charge in [-0.05, 0) is 26.2 Å². The van der Waals surface area contributed by atoms with E-state index < -0.39 is 0 Å². The third-order valence-corrected chi connectivity index (χ3v) is 2.28. The van der Waals surface area contributed by atoms with E-state index in [-0.39, 0.29) is 17.9 Å². The van der Waals surface area contributed by atoms with Gasteiger partial charge >= 0.3 is 0 Å². The van der Waals surface area contributed by atoms with Crippen molar-refractivity contribution >= 4 is 5.91 Å². The highest BCUT2D eigenvalue weighted by Crippen LogP contribution is 2.17. The Morgan fingerprint density at radius 1 is 1.67 bits per heavy atom. The number of carbonyl (C=O) groups excluding carboxylic acids is 1. The molecule has 3 nitrogen and oxygen atoms in total. The van der Waals surface area contributed by atoms with Gasteiger partial charge in [0.1, 0.15) is 0 Å². The molecule has 2 N–H and O–H groups in total. The minimum atomic E-state index is -0.362. The molecule has 0 aromatic heterocycles. The summed E-state index contributed by atoms with van der Waals surface area (Å²) in [5.74, 6) is 0.154. The van der Waals surface area contributed by atoms with E-state index in [1.54, 1.807) is 6.92 Å². The SMILES string of the molecule is CC(O)CC1CCCCNC1=O. The summed E-state index contributed by atoms with van der Waals surface area (Å²) in [5.41, 5.74) is 0. The van der Waals surface area contributed by atoms with Crippen molar-refractivity contribution in [1.82, 2.24) is 5.32 Å². The topological polar surface area (TPSA) is 49.3 Å². The Kier molecular flexibility index (Phi) is 3.53. The van der Waals surface area contributed by atoms with Gasteiger partial charge in [0, 0.05) is 12.5 Å². The Balaban J connectivity index is 2.42. The van der Waals surface area contributed by atoms with Crippen LogP contribution in [0, 0.1) is 5.92 Å². The van der Waals surface area contributed by atoms with Crippen molar-refractivity contribution in [1.29, 1.82) is 0 Å². The minimum Gasteiger partial charge on any atom is -0.393 e. The molecule has 0 aliphatic carbocycles. The van der Waals surface area contributed by atoms with Crippen LogP contribution in [0.4, 0.5) is 0 Å². The summed E-state index contributed by atoms with van der Waals surface area (Å²) in [6.45, 7) is 2.54. The van der Waals surface area contributed by atoms with Gasteiger partial charge in [0.05, 0.1) is 6.10 Å². The Morgan fingerprint density at radius 2 is 2.42 bits per heavy atom. The fourth-order valence-electron chi connectivity index (χ4n) is 1.64. The highest BCUT2D eigenvalue weighted by Gasteiger charge is 2.21. The second-order valence-electron chi connectivity index (χ2n) is 3.57. The predicted octanol–water partition coefficient (Wildman–Crippen LogP) is 0.674. The van der Waals surface area contributed by atoms with Crippen LogP contribution in [-0.4, -0.2) is 23.7 Å². The summed E-state index contributed by atoms with van der Waals surface area (Å²) in [6.07, 6.45) is 3.33. The number of aliphatic hydroxyl groups is 1. The van der Waals surface area contributed by atoms with Crippen molar-refractivity contribution < 1.29 is 9.90 Å². The molecule has 0 bridgehead atoms. The summed E-state index contributed by atoms with van der Waals surface area (Å²) < 4.78 is 0. The van der Waals surface area contributed by atoms with E-state index in [0.717, 1.165) is 25.8 Å². The van der Waals surface area contributed by atoms with E-state index in [2.05, 4.69) is 5.32 Å². The van der Waals surface area contributed by atoms with Gasteiger partial charge in [-0.2, -0.15) is 0 Å². The molecule has 70 valence electrons. The van der Waals surface area contributed by atoms with Gasteiger partial charge in [0.15, 0.2) is 0 Å². The zero-order chi connectivity index (χ0) is 8.97. The lowest BCUT2D eigenvalue weighted by Gasteiger charge is -2.14. The standard InChI is InChI=1S/C9H17NO2/c1-7(11)6-8-4-2-3-5-10-9(8)12/h7-8,11H,2-6H2,1H3,(H,10,12). The first-order valence-corrected chi connectivity index (χ1v) is 4.66. The number of carbonyl (C=O) groups is 1. The van der Waals surface area contributed by atoms with E-state index in [0.29, 0.717) is 6.42 Å². The average Bonchev–Trinajstić information content (AvgIpc) is 2.16. The number of hydrogen-bond donors (Lipinski definition) is 2. The highest BCUT2D eigenvalue weighted by molar-refractivity contribution is 5.78. The van der Waals surface area contributed by atoms with Crippen LogP contribution in [0.1, 0.15) is 32.6 Å². The fraction of sp³-hybridized carbons (Fsp3) is 0.889. The maximum Gasteiger partial charge on any atom is 0.223 e. The molecule has 0 aromatic carbocycles. The first-order valence-electron chi connectivity index (χ1n) is 4.66. The Hall–Kier alpha value is -0.570. The van der Waals surface area contributed by atoms with Gasteiger partial charge in [-0.3, -0.25) is 4.79 Å². The maximum atomic E-state index is 11.3. The lowest BCUT2D eigenvalue weighted by molar-refractivity contribution is -0.125. The summed E-state index contributed by atoms with van der Waals surface area (Å²) >= 11 is 0. The summed E-state index contributed by atoms with van der Waals surface area (Å²) in [7, 11) is 0. The lowest BCUT2D eigenvalue weighted by Crippen LogP contribution is -2.30. The molecular formula is C9H17NO2. The van der Waals surface area contributed by atoms with Gasteiger partial charge in [0.2, 0.25) is 5.91 Å². The van der Waals surface area contributed by atoms with Crippen LogP contribution < -0.4 is 5.32 Å². The molecule has 1 amide bonds. The molecule has 0 saturated carbocycles. The summed E-state index contributed by atoms with van der Waals surface area (Å²) in [6, 6.07) is 0. The van der Waals surface area contributed by atoms with Crippen molar-refractivity contribution in [2.75, 3.05) is 6.54 Å². The van der Waals surface area contributed by atoms with Gasteiger partial charge in [-0.1, -0.05) is 6.42 Å². The van der Waals surface area contributed by atoms with Crippen molar-refractivity contribution in [2.45, 2.75) is 38.7 Å². The first-order chi connectivity index (χ1) is 5.70. The number of amides is 1. The molecule has 12 heavy (non-hydrogen) atoms. The van der Waals surface area contributed by atoms with Gasteiger partial charge in [-0.25, -0.2) is 0 Å². The first kappa shape index (κ1) is 9.52. The van der Waals surface area contributed by atoms with Crippen molar-refractivity contribution in [3.63, 3.8) is 0 Å². The molecule has 1 fully saturated rings. The van der Waals surface area contributed by atoms with Gasteiger partial charge in [-0.15, -0.1) is 0 Å².